The summed E-state index contributed by atoms with van der Waals surface area (Å²) in [4.78, 5) is 14.1. The summed E-state index contributed by atoms with van der Waals surface area (Å²) in [6.45, 7) is 5.17. The number of hydrogen-bond donors (Lipinski definition) is 1. The quantitative estimate of drug-likeness (QED) is 0.819. The van der Waals surface area contributed by atoms with E-state index < -0.39 is 0 Å². The van der Waals surface area contributed by atoms with Crippen LogP contribution < -0.4 is 5.73 Å². The number of carbonyl (C=O) groups excluding carboxylic acids is 1. The molecule has 0 radical (unpaired) electrons. The van der Waals surface area contributed by atoms with Gasteiger partial charge in [-0.3, -0.25) is 4.79 Å². The molecule has 106 valence electrons. The molecule has 1 amide bonds. The van der Waals surface area contributed by atoms with Crippen LogP contribution in [-0.2, 0) is 9.53 Å². The fourth-order valence-corrected chi connectivity index (χ4v) is 2.19. The number of carbonyl (C=O) groups is 1. The summed E-state index contributed by atoms with van der Waals surface area (Å²) < 4.78 is 5.10. The summed E-state index contributed by atoms with van der Waals surface area (Å²) in [6.07, 6.45) is 0.325. The Labute approximate surface area is 115 Å². The molecule has 0 spiro atoms. The molecular weight excluding hydrogens is 240 g/mol. The van der Waals surface area contributed by atoms with E-state index in [2.05, 4.69) is 0 Å². The number of hydrogen-bond acceptors (Lipinski definition) is 3. The third-order valence-electron chi connectivity index (χ3n) is 3.22. The van der Waals surface area contributed by atoms with Crippen LogP contribution in [0.5, 0.6) is 0 Å². The van der Waals surface area contributed by atoms with Gasteiger partial charge in [-0.15, -0.1) is 0 Å². The lowest BCUT2D eigenvalue weighted by atomic mass is 10.0. The summed E-state index contributed by atoms with van der Waals surface area (Å²) in [5.41, 5.74) is 7.08. The van der Waals surface area contributed by atoms with Gasteiger partial charge in [0.2, 0.25) is 5.91 Å². The standard InChI is InChI=1S/C15H24N2O2/c1-4-17(12(2)11-19-3)15(18)10-14(16)13-8-6-5-7-9-13/h5-9,12,14H,4,10-11,16H2,1-3H3. The predicted molar refractivity (Wildman–Crippen MR) is 76.7 cm³/mol. The van der Waals surface area contributed by atoms with Crippen LogP contribution in [0.4, 0.5) is 0 Å². The fourth-order valence-electron chi connectivity index (χ4n) is 2.19. The Morgan fingerprint density at radius 1 is 1.37 bits per heavy atom. The molecule has 0 saturated heterocycles. The average Bonchev–Trinajstić information content (AvgIpc) is 2.40. The highest BCUT2D eigenvalue weighted by molar-refractivity contribution is 5.77. The molecule has 2 unspecified atom stereocenters. The van der Waals surface area contributed by atoms with Gasteiger partial charge < -0.3 is 15.4 Å². The molecule has 4 heteroatoms. The van der Waals surface area contributed by atoms with Crippen molar-refractivity contribution in [3.63, 3.8) is 0 Å². The van der Waals surface area contributed by atoms with Crippen LogP contribution in [0.2, 0.25) is 0 Å². The molecule has 19 heavy (non-hydrogen) atoms. The van der Waals surface area contributed by atoms with Gasteiger partial charge in [-0.25, -0.2) is 0 Å². The second-order valence-electron chi connectivity index (χ2n) is 4.71. The number of rotatable bonds is 7. The highest BCUT2D eigenvalue weighted by atomic mass is 16.5. The Hall–Kier alpha value is -1.39. The van der Waals surface area contributed by atoms with Crippen LogP contribution in [0.1, 0.15) is 31.9 Å². The molecule has 0 aromatic heterocycles. The third kappa shape index (κ3) is 4.65. The van der Waals surface area contributed by atoms with E-state index in [1.165, 1.54) is 0 Å². The minimum atomic E-state index is -0.252. The molecular formula is C15H24N2O2. The summed E-state index contributed by atoms with van der Waals surface area (Å²) in [5, 5.41) is 0. The summed E-state index contributed by atoms with van der Waals surface area (Å²) in [6, 6.07) is 9.54. The van der Waals surface area contributed by atoms with Crippen LogP contribution in [0.15, 0.2) is 30.3 Å². The van der Waals surface area contributed by atoms with E-state index in [1.54, 1.807) is 7.11 Å². The summed E-state index contributed by atoms with van der Waals surface area (Å²) >= 11 is 0. The summed E-state index contributed by atoms with van der Waals surface area (Å²) in [7, 11) is 1.64. The van der Waals surface area contributed by atoms with Gasteiger partial charge in [0.25, 0.3) is 0 Å². The van der Waals surface area contributed by atoms with E-state index in [9.17, 15) is 4.79 Å². The molecule has 0 aliphatic carbocycles. The Morgan fingerprint density at radius 3 is 2.53 bits per heavy atom. The van der Waals surface area contributed by atoms with Crippen molar-refractivity contribution in [3.8, 4) is 0 Å². The number of amides is 1. The lowest BCUT2D eigenvalue weighted by molar-refractivity contribution is -0.134. The van der Waals surface area contributed by atoms with Gasteiger partial charge in [-0.05, 0) is 19.4 Å². The van der Waals surface area contributed by atoms with Crippen molar-refractivity contribution in [1.29, 1.82) is 0 Å². The molecule has 2 N–H and O–H groups in total. The van der Waals surface area contributed by atoms with Gasteiger partial charge in [0.15, 0.2) is 0 Å². The first-order valence-electron chi connectivity index (χ1n) is 6.69. The SMILES string of the molecule is CCN(C(=O)CC(N)c1ccccc1)C(C)COC. The number of likely N-dealkylation sites (N-methyl/N-ethyl adjacent to an activating group) is 1. The molecule has 0 aliphatic rings. The van der Waals surface area contributed by atoms with E-state index >= 15 is 0 Å². The molecule has 0 aliphatic heterocycles. The van der Waals surface area contributed by atoms with E-state index in [-0.39, 0.29) is 18.0 Å². The molecule has 0 fully saturated rings. The van der Waals surface area contributed by atoms with Gasteiger partial charge in [-0.2, -0.15) is 0 Å². The van der Waals surface area contributed by atoms with E-state index in [0.717, 1.165) is 5.56 Å². The average molecular weight is 264 g/mol. The molecule has 0 heterocycles. The molecule has 1 aromatic carbocycles. The number of methoxy groups -OCH3 is 1. The van der Waals surface area contributed by atoms with Crippen LogP contribution in [0.25, 0.3) is 0 Å². The number of nitrogens with zero attached hydrogens (tertiary/aromatic N) is 1. The van der Waals surface area contributed by atoms with Gasteiger partial charge >= 0.3 is 0 Å². The predicted octanol–water partition coefficient (Wildman–Crippen LogP) is 1.96. The maximum atomic E-state index is 12.3. The topological polar surface area (TPSA) is 55.6 Å². The van der Waals surface area contributed by atoms with Gasteiger partial charge in [0.05, 0.1) is 12.6 Å². The number of ether oxygens (including phenoxy) is 1. The second kappa shape index (κ2) is 7.92. The Balaban J connectivity index is 2.62. The molecule has 4 nitrogen and oxygen atoms in total. The van der Waals surface area contributed by atoms with Crippen molar-refractivity contribution in [1.82, 2.24) is 4.90 Å². The molecule has 1 rings (SSSR count). The first kappa shape index (κ1) is 15.7. The van der Waals surface area contributed by atoms with Crippen molar-refractivity contribution in [2.45, 2.75) is 32.4 Å². The first-order valence-corrected chi connectivity index (χ1v) is 6.69. The van der Waals surface area contributed by atoms with Crippen LogP contribution >= 0.6 is 0 Å². The highest BCUT2D eigenvalue weighted by Crippen LogP contribution is 2.15. The van der Waals surface area contributed by atoms with E-state index in [1.807, 2.05) is 49.1 Å². The Bertz CT molecular complexity index is 381. The van der Waals surface area contributed by atoms with Gasteiger partial charge in [0, 0.05) is 26.1 Å². The minimum absolute atomic E-state index is 0.0726. The Morgan fingerprint density at radius 2 is 2.00 bits per heavy atom. The lowest BCUT2D eigenvalue weighted by Crippen LogP contribution is -2.42. The van der Waals surface area contributed by atoms with Crippen molar-refractivity contribution in [2.75, 3.05) is 20.3 Å². The van der Waals surface area contributed by atoms with Crippen LogP contribution in [-0.4, -0.2) is 37.1 Å². The largest absolute Gasteiger partial charge is 0.383 e. The maximum absolute atomic E-state index is 12.3. The Kier molecular flexibility index (Phi) is 6.53. The normalized spacial score (nSPS) is 13.9. The maximum Gasteiger partial charge on any atom is 0.224 e. The van der Waals surface area contributed by atoms with Crippen LogP contribution in [0.3, 0.4) is 0 Å². The summed E-state index contributed by atoms with van der Waals surface area (Å²) in [5.74, 6) is 0.0726. The fraction of sp³-hybridized carbons (Fsp3) is 0.533. The zero-order valence-corrected chi connectivity index (χ0v) is 12.0. The van der Waals surface area contributed by atoms with E-state index in [0.29, 0.717) is 19.6 Å². The van der Waals surface area contributed by atoms with Crippen molar-refractivity contribution in [3.05, 3.63) is 35.9 Å². The smallest absolute Gasteiger partial charge is 0.224 e. The lowest BCUT2D eigenvalue weighted by Gasteiger charge is -2.28. The molecule has 2 atom stereocenters. The number of nitrogens with two attached hydrogens (primary N) is 1. The minimum Gasteiger partial charge on any atom is -0.383 e. The van der Waals surface area contributed by atoms with Crippen molar-refractivity contribution >= 4 is 5.91 Å². The third-order valence-corrected chi connectivity index (χ3v) is 3.22. The zero-order valence-electron chi connectivity index (χ0n) is 12.0. The molecule has 1 aromatic rings. The zero-order chi connectivity index (χ0) is 14.3. The highest BCUT2D eigenvalue weighted by Gasteiger charge is 2.21. The van der Waals surface area contributed by atoms with Gasteiger partial charge in [0.1, 0.15) is 0 Å². The van der Waals surface area contributed by atoms with Crippen molar-refractivity contribution in [2.24, 2.45) is 5.73 Å². The molecule has 0 saturated carbocycles. The van der Waals surface area contributed by atoms with E-state index in [4.69, 9.17) is 10.5 Å². The van der Waals surface area contributed by atoms with Crippen LogP contribution in [0, 0.1) is 0 Å². The number of benzene rings is 1. The monoisotopic (exact) mass is 264 g/mol. The molecule has 0 bridgehead atoms. The van der Waals surface area contributed by atoms with Gasteiger partial charge in [-0.1, -0.05) is 30.3 Å². The second-order valence-corrected chi connectivity index (χ2v) is 4.71. The first-order chi connectivity index (χ1) is 9.10. The van der Waals surface area contributed by atoms with Crippen molar-refractivity contribution < 1.29 is 9.53 Å².